The molecule has 1 aromatic heterocycles. The van der Waals surface area contributed by atoms with Gasteiger partial charge in [-0.05, 0) is 48.5 Å². The Hall–Kier alpha value is -3.00. The molecule has 0 atom stereocenters. The topological polar surface area (TPSA) is 88.4 Å². The number of furan rings is 1. The van der Waals surface area contributed by atoms with Gasteiger partial charge in [-0.3, -0.25) is 9.52 Å². The maximum atomic E-state index is 12.6. The number of para-hydroxylation sites is 1. The van der Waals surface area contributed by atoms with Gasteiger partial charge in [-0.25, -0.2) is 8.42 Å². The summed E-state index contributed by atoms with van der Waals surface area (Å²) in [7, 11) is -3.98. The number of amides is 1. The lowest BCUT2D eigenvalue weighted by molar-refractivity contribution is 0.0998. The van der Waals surface area contributed by atoms with Crippen molar-refractivity contribution in [1.82, 2.24) is 0 Å². The fraction of sp³-hybridized carbons (Fsp3) is 0. The standard InChI is InChI=1S/C21H14Cl2N2O4S/c22-16-5-3-6-17(23)20(16)30(27,28)25-15-10-8-14(9-11-15)24-21(26)19-12-13-4-1-2-7-18(13)29-19/h1-12,25H,(H,24,26). The maximum absolute atomic E-state index is 12.6. The first-order valence-corrected chi connectivity index (χ1v) is 10.9. The van der Waals surface area contributed by atoms with Gasteiger partial charge in [0.1, 0.15) is 10.5 Å². The van der Waals surface area contributed by atoms with Crippen molar-refractivity contribution in [2.24, 2.45) is 0 Å². The minimum absolute atomic E-state index is 0.0183. The number of benzene rings is 3. The average Bonchev–Trinajstić information content (AvgIpc) is 3.13. The Balaban J connectivity index is 1.49. The lowest BCUT2D eigenvalue weighted by atomic mass is 10.2. The summed E-state index contributed by atoms with van der Waals surface area (Å²) >= 11 is 12.0. The zero-order valence-electron chi connectivity index (χ0n) is 15.2. The van der Waals surface area contributed by atoms with E-state index in [4.69, 9.17) is 27.6 Å². The normalized spacial score (nSPS) is 11.4. The van der Waals surface area contributed by atoms with E-state index >= 15 is 0 Å². The van der Waals surface area contributed by atoms with Gasteiger partial charge < -0.3 is 9.73 Å². The maximum Gasteiger partial charge on any atom is 0.291 e. The smallest absolute Gasteiger partial charge is 0.291 e. The number of carbonyl (C=O) groups is 1. The van der Waals surface area contributed by atoms with Crippen LogP contribution in [0.3, 0.4) is 0 Å². The summed E-state index contributed by atoms with van der Waals surface area (Å²) < 4.78 is 33.2. The lowest BCUT2D eigenvalue weighted by Gasteiger charge is -2.11. The quantitative estimate of drug-likeness (QED) is 0.394. The van der Waals surface area contributed by atoms with E-state index in [-0.39, 0.29) is 26.4 Å². The predicted molar refractivity (Wildman–Crippen MR) is 118 cm³/mol. The summed E-state index contributed by atoms with van der Waals surface area (Å²) in [5.74, 6) is -0.239. The van der Waals surface area contributed by atoms with E-state index in [2.05, 4.69) is 10.0 Å². The number of sulfonamides is 1. The van der Waals surface area contributed by atoms with Crippen LogP contribution in [0.2, 0.25) is 10.0 Å². The van der Waals surface area contributed by atoms with Crippen molar-refractivity contribution in [2.45, 2.75) is 4.90 Å². The molecule has 0 aliphatic heterocycles. The molecule has 4 aromatic rings. The number of rotatable bonds is 5. The Labute approximate surface area is 182 Å². The summed E-state index contributed by atoms with van der Waals surface area (Å²) in [6.07, 6.45) is 0. The Kier molecular flexibility index (Phi) is 5.42. The van der Waals surface area contributed by atoms with E-state index in [0.29, 0.717) is 11.3 Å². The SMILES string of the molecule is O=C(Nc1ccc(NS(=O)(=O)c2c(Cl)cccc2Cl)cc1)c1cc2ccccc2o1. The van der Waals surface area contributed by atoms with Gasteiger partial charge >= 0.3 is 0 Å². The molecule has 3 aromatic carbocycles. The minimum atomic E-state index is -3.98. The van der Waals surface area contributed by atoms with Gasteiger partial charge in [-0.1, -0.05) is 47.5 Å². The molecular weight excluding hydrogens is 447 g/mol. The summed E-state index contributed by atoms with van der Waals surface area (Å²) in [6, 6.07) is 19.5. The fourth-order valence-corrected chi connectivity index (χ4v) is 5.06. The van der Waals surface area contributed by atoms with Gasteiger partial charge in [-0.15, -0.1) is 0 Å². The van der Waals surface area contributed by atoms with E-state index in [9.17, 15) is 13.2 Å². The highest BCUT2D eigenvalue weighted by Crippen LogP contribution is 2.30. The molecule has 0 spiro atoms. The van der Waals surface area contributed by atoms with Crippen LogP contribution in [0.1, 0.15) is 10.6 Å². The van der Waals surface area contributed by atoms with Crippen molar-refractivity contribution in [3.05, 3.63) is 88.6 Å². The summed E-state index contributed by atoms with van der Waals surface area (Å²) in [5, 5.41) is 3.57. The predicted octanol–water partition coefficient (Wildman–Crippen LogP) is 5.79. The van der Waals surface area contributed by atoms with Crippen molar-refractivity contribution in [2.75, 3.05) is 10.0 Å². The van der Waals surface area contributed by atoms with Gasteiger partial charge in [0, 0.05) is 16.8 Å². The molecule has 0 bridgehead atoms. The zero-order valence-corrected chi connectivity index (χ0v) is 17.6. The molecule has 2 N–H and O–H groups in total. The second kappa shape index (κ2) is 8.02. The average molecular weight is 461 g/mol. The molecule has 6 nitrogen and oxygen atoms in total. The fourth-order valence-electron chi connectivity index (χ4n) is 2.85. The molecule has 30 heavy (non-hydrogen) atoms. The van der Waals surface area contributed by atoms with Gasteiger partial charge in [0.2, 0.25) is 0 Å². The molecule has 0 aliphatic rings. The number of hydrogen-bond donors (Lipinski definition) is 2. The van der Waals surface area contributed by atoms with Crippen molar-refractivity contribution < 1.29 is 17.6 Å². The molecule has 0 unspecified atom stereocenters. The van der Waals surface area contributed by atoms with Crippen LogP contribution in [0.4, 0.5) is 11.4 Å². The second-order valence-corrected chi connectivity index (χ2v) is 8.77. The number of hydrogen-bond acceptors (Lipinski definition) is 4. The van der Waals surface area contributed by atoms with Crippen LogP contribution < -0.4 is 10.0 Å². The number of fused-ring (bicyclic) bond motifs is 1. The number of carbonyl (C=O) groups excluding carboxylic acids is 1. The summed E-state index contributed by atoms with van der Waals surface area (Å²) in [6.45, 7) is 0. The van der Waals surface area contributed by atoms with E-state index in [1.54, 1.807) is 30.3 Å². The first kappa shape index (κ1) is 20.3. The monoisotopic (exact) mass is 460 g/mol. The zero-order chi connectivity index (χ0) is 21.3. The van der Waals surface area contributed by atoms with E-state index in [1.165, 1.54) is 24.3 Å². The molecule has 9 heteroatoms. The van der Waals surface area contributed by atoms with E-state index < -0.39 is 15.9 Å². The van der Waals surface area contributed by atoms with Crippen molar-refractivity contribution in [1.29, 1.82) is 0 Å². The molecule has 4 rings (SSSR count). The first-order chi connectivity index (χ1) is 14.3. The van der Waals surface area contributed by atoms with Gasteiger partial charge in [0.25, 0.3) is 15.9 Å². The van der Waals surface area contributed by atoms with Gasteiger partial charge in [0.15, 0.2) is 5.76 Å². The molecule has 0 aliphatic carbocycles. The molecule has 0 fully saturated rings. The van der Waals surface area contributed by atoms with Crippen LogP contribution in [0.5, 0.6) is 0 Å². The van der Waals surface area contributed by atoms with Crippen molar-refractivity contribution in [3.8, 4) is 0 Å². The third kappa shape index (κ3) is 4.14. The van der Waals surface area contributed by atoms with E-state index in [0.717, 1.165) is 5.39 Å². The van der Waals surface area contributed by atoms with Gasteiger partial charge in [-0.2, -0.15) is 0 Å². The first-order valence-electron chi connectivity index (χ1n) is 8.70. The largest absolute Gasteiger partial charge is 0.451 e. The highest BCUT2D eigenvalue weighted by atomic mass is 35.5. The molecule has 0 saturated heterocycles. The number of halogens is 2. The highest BCUT2D eigenvalue weighted by Gasteiger charge is 2.21. The molecule has 1 heterocycles. The van der Waals surface area contributed by atoms with Gasteiger partial charge in [0.05, 0.1) is 10.0 Å². The second-order valence-electron chi connectivity index (χ2n) is 6.34. The third-order valence-corrected chi connectivity index (χ3v) is 6.57. The highest BCUT2D eigenvalue weighted by molar-refractivity contribution is 7.93. The Morgan fingerprint density at radius 2 is 1.47 bits per heavy atom. The minimum Gasteiger partial charge on any atom is -0.451 e. The molecular formula is C21H14Cl2N2O4S. The van der Waals surface area contributed by atoms with Crippen LogP contribution in [0.15, 0.2) is 82.1 Å². The van der Waals surface area contributed by atoms with Crippen LogP contribution in [-0.2, 0) is 10.0 Å². The van der Waals surface area contributed by atoms with Crippen LogP contribution in [0.25, 0.3) is 11.0 Å². The number of nitrogens with one attached hydrogen (secondary N) is 2. The summed E-state index contributed by atoms with van der Waals surface area (Å²) in [4.78, 5) is 12.2. The lowest BCUT2D eigenvalue weighted by Crippen LogP contribution is -2.14. The summed E-state index contributed by atoms with van der Waals surface area (Å²) in [5.41, 5.74) is 1.37. The van der Waals surface area contributed by atoms with Crippen molar-refractivity contribution in [3.63, 3.8) is 0 Å². The van der Waals surface area contributed by atoms with E-state index in [1.807, 2.05) is 18.2 Å². The van der Waals surface area contributed by atoms with Crippen LogP contribution in [0, 0.1) is 0 Å². The molecule has 1 amide bonds. The Morgan fingerprint density at radius 1 is 0.833 bits per heavy atom. The molecule has 0 radical (unpaired) electrons. The van der Waals surface area contributed by atoms with Crippen LogP contribution in [-0.4, -0.2) is 14.3 Å². The Bertz CT molecular complexity index is 1300. The third-order valence-electron chi connectivity index (χ3n) is 4.23. The molecule has 0 saturated carbocycles. The van der Waals surface area contributed by atoms with Crippen molar-refractivity contribution >= 4 is 61.5 Å². The Morgan fingerprint density at radius 3 is 2.13 bits per heavy atom. The van der Waals surface area contributed by atoms with Crippen LogP contribution >= 0.6 is 23.2 Å². The molecule has 152 valence electrons. The number of anilines is 2.